The van der Waals surface area contributed by atoms with Gasteiger partial charge in [0.1, 0.15) is 22.0 Å². The molecule has 1 fully saturated rings. The van der Waals surface area contributed by atoms with Gasteiger partial charge < -0.3 is 9.47 Å². The molecule has 2 aromatic carbocycles. The molecule has 142 valence electrons. The van der Waals surface area contributed by atoms with E-state index in [1.54, 1.807) is 6.07 Å². The number of anilines is 1. The first-order chi connectivity index (χ1) is 12.8. The topological polar surface area (TPSA) is 81.7 Å². The lowest BCUT2D eigenvalue weighted by Crippen LogP contribution is -2.19. The summed E-state index contributed by atoms with van der Waals surface area (Å²) >= 11 is 3.06. The molecule has 1 N–H and O–H groups in total. The number of rotatable bonds is 4. The normalized spacial score (nSPS) is 20.1. The molecule has 2 aliphatic rings. The summed E-state index contributed by atoms with van der Waals surface area (Å²) in [6.07, 6.45) is 0.987. The molecule has 0 bridgehead atoms. The fraction of sp³-hybridized carbons (Fsp3) is 0.278. The molecule has 0 aromatic heterocycles. The number of nitrogens with one attached hydrogen (secondary N) is 1. The Hall–Kier alpha value is -2.13. The summed E-state index contributed by atoms with van der Waals surface area (Å²) in [7, 11) is -2.86. The molecule has 1 aliphatic carbocycles. The minimum Gasteiger partial charge on any atom is -0.492 e. The molecule has 2 atom stereocenters. The van der Waals surface area contributed by atoms with Crippen LogP contribution < -0.4 is 9.46 Å². The van der Waals surface area contributed by atoms with Gasteiger partial charge in [0.05, 0.1) is 19.4 Å². The van der Waals surface area contributed by atoms with Crippen molar-refractivity contribution in [2.45, 2.75) is 17.2 Å². The van der Waals surface area contributed by atoms with E-state index in [1.807, 2.05) is 0 Å². The lowest BCUT2D eigenvalue weighted by Gasteiger charge is -2.22. The molecule has 4 rings (SSSR count). The average molecular weight is 456 g/mol. The molecule has 1 aliphatic heterocycles. The first-order valence-electron chi connectivity index (χ1n) is 8.17. The molecule has 1 saturated carbocycles. The van der Waals surface area contributed by atoms with Crippen molar-refractivity contribution in [3.63, 3.8) is 0 Å². The van der Waals surface area contributed by atoms with Crippen molar-refractivity contribution in [1.29, 1.82) is 0 Å². The standard InChI is InChI=1S/C18H15BrFNO5S/c1-25-18(22)16-14(4-3-11-12-6-9(12)8-26-17(11)16)21-27(23,24)15-5-2-10(20)7-13(15)19/h2-5,7,9,12,21H,6,8H2,1H3. The van der Waals surface area contributed by atoms with E-state index in [1.165, 1.54) is 13.2 Å². The molecule has 0 saturated heterocycles. The van der Waals surface area contributed by atoms with E-state index < -0.39 is 21.8 Å². The zero-order chi connectivity index (χ0) is 19.3. The van der Waals surface area contributed by atoms with E-state index in [4.69, 9.17) is 9.47 Å². The SMILES string of the molecule is COC(=O)c1c(NS(=O)(=O)c2ccc(F)cc2Br)ccc2c1OCC1CC21. The van der Waals surface area contributed by atoms with Crippen molar-refractivity contribution in [3.05, 3.63) is 51.7 Å². The van der Waals surface area contributed by atoms with Gasteiger partial charge in [-0.1, -0.05) is 6.07 Å². The summed E-state index contributed by atoms with van der Waals surface area (Å²) < 4.78 is 51.9. The number of fused-ring (bicyclic) bond motifs is 3. The maximum atomic E-state index is 13.3. The van der Waals surface area contributed by atoms with Gasteiger partial charge in [-0.25, -0.2) is 17.6 Å². The smallest absolute Gasteiger partial charge is 0.343 e. The maximum Gasteiger partial charge on any atom is 0.343 e. The first kappa shape index (κ1) is 18.2. The van der Waals surface area contributed by atoms with Crippen LogP contribution in [-0.2, 0) is 14.8 Å². The van der Waals surface area contributed by atoms with E-state index in [0.29, 0.717) is 24.2 Å². The van der Waals surface area contributed by atoms with Crippen molar-refractivity contribution in [2.24, 2.45) is 5.92 Å². The van der Waals surface area contributed by atoms with Crippen molar-refractivity contribution in [2.75, 3.05) is 18.4 Å². The monoisotopic (exact) mass is 455 g/mol. The molecule has 0 radical (unpaired) electrons. The predicted octanol–water partition coefficient (Wildman–Crippen LogP) is 3.67. The molecule has 9 heteroatoms. The van der Waals surface area contributed by atoms with Crippen molar-refractivity contribution >= 4 is 37.6 Å². The third kappa shape index (κ3) is 3.19. The molecular weight excluding hydrogens is 441 g/mol. The zero-order valence-corrected chi connectivity index (χ0v) is 16.6. The second-order valence-corrected chi connectivity index (χ2v) is 9.00. The molecule has 6 nitrogen and oxygen atoms in total. The van der Waals surface area contributed by atoms with Crippen LogP contribution in [0.4, 0.5) is 10.1 Å². The average Bonchev–Trinajstić information content (AvgIpc) is 3.40. The van der Waals surface area contributed by atoms with Gasteiger partial charge in [-0.3, -0.25) is 4.72 Å². The number of sulfonamides is 1. The van der Waals surface area contributed by atoms with Gasteiger partial charge in [-0.15, -0.1) is 0 Å². The summed E-state index contributed by atoms with van der Waals surface area (Å²) in [5, 5.41) is 0. The van der Waals surface area contributed by atoms with Gasteiger partial charge >= 0.3 is 5.97 Å². The number of esters is 1. The molecular formula is C18H15BrFNO5S. The lowest BCUT2D eigenvalue weighted by atomic mass is 10.0. The minimum atomic E-state index is -4.08. The van der Waals surface area contributed by atoms with Crippen LogP contribution >= 0.6 is 15.9 Å². The Balaban J connectivity index is 1.78. The molecule has 27 heavy (non-hydrogen) atoms. The highest BCUT2D eigenvalue weighted by molar-refractivity contribution is 9.10. The number of methoxy groups -OCH3 is 1. The Bertz CT molecular complexity index is 1060. The van der Waals surface area contributed by atoms with Gasteiger partial charge in [0.2, 0.25) is 0 Å². The van der Waals surface area contributed by atoms with Crippen molar-refractivity contribution < 1.29 is 27.1 Å². The van der Waals surface area contributed by atoms with Crippen LogP contribution in [-0.4, -0.2) is 28.1 Å². The van der Waals surface area contributed by atoms with Crippen LogP contribution in [0.3, 0.4) is 0 Å². The van der Waals surface area contributed by atoms with Crippen LogP contribution in [0.1, 0.15) is 28.3 Å². The van der Waals surface area contributed by atoms with Gasteiger partial charge in [0, 0.05) is 10.4 Å². The van der Waals surface area contributed by atoms with E-state index in [2.05, 4.69) is 20.7 Å². The highest BCUT2D eigenvalue weighted by Crippen LogP contribution is 2.55. The molecule has 2 aromatic rings. The summed E-state index contributed by atoms with van der Waals surface area (Å²) in [6.45, 7) is 0.487. The van der Waals surface area contributed by atoms with E-state index in [-0.39, 0.29) is 20.6 Å². The number of benzene rings is 2. The fourth-order valence-corrected chi connectivity index (χ4v) is 5.45. The Morgan fingerprint density at radius 2 is 2.11 bits per heavy atom. The Labute approximate surface area is 163 Å². The van der Waals surface area contributed by atoms with Crippen LogP contribution in [0.15, 0.2) is 39.7 Å². The third-order valence-corrected chi connectivity index (χ3v) is 7.11. The summed E-state index contributed by atoms with van der Waals surface area (Å²) in [5.41, 5.74) is 0.982. The van der Waals surface area contributed by atoms with Crippen LogP contribution in [0.2, 0.25) is 0 Å². The van der Waals surface area contributed by atoms with Gasteiger partial charge in [-0.2, -0.15) is 0 Å². The fourth-order valence-electron chi connectivity index (χ4n) is 3.33. The minimum absolute atomic E-state index is 0.0437. The molecule has 0 spiro atoms. The quantitative estimate of drug-likeness (QED) is 0.711. The maximum absolute atomic E-state index is 13.3. The van der Waals surface area contributed by atoms with Crippen LogP contribution in [0.25, 0.3) is 0 Å². The number of ether oxygens (including phenoxy) is 2. The summed E-state index contributed by atoms with van der Waals surface area (Å²) in [6, 6.07) is 6.54. The number of carbonyl (C=O) groups excluding carboxylic acids is 1. The number of carbonyl (C=O) groups is 1. The number of hydrogen-bond donors (Lipinski definition) is 1. The predicted molar refractivity (Wildman–Crippen MR) is 99.0 cm³/mol. The second-order valence-electron chi connectivity index (χ2n) is 6.49. The molecule has 0 amide bonds. The van der Waals surface area contributed by atoms with Crippen molar-refractivity contribution in [1.82, 2.24) is 0 Å². The van der Waals surface area contributed by atoms with Gasteiger partial charge in [0.25, 0.3) is 10.0 Å². The summed E-state index contributed by atoms with van der Waals surface area (Å²) in [4.78, 5) is 12.2. The third-order valence-electron chi connectivity index (χ3n) is 4.77. The van der Waals surface area contributed by atoms with Gasteiger partial charge in [0.15, 0.2) is 0 Å². The Kier molecular flexibility index (Phi) is 4.38. The first-order valence-corrected chi connectivity index (χ1v) is 10.5. The largest absolute Gasteiger partial charge is 0.492 e. The highest BCUT2D eigenvalue weighted by Gasteiger charge is 2.45. The van der Waals surface area contributed by atoms with Gasteiger partial charge in [-0.05, 0) is 58.1 Å². The van der Waals surface area contributed by atoms with E-state index >= 15 is 0 Å². The molecule has 2 unspecified atom stereocenters. The second kappa shape index (κ2) is 6.49. The number of halogens is 2. The summed E-state index contributed by atoms with van der Waals surface area (Å²) in [5.74, 6) is -0.132. The lowest BCUT2D eigenvalue weighted by molar-refractivity contribution is 0.0596. The highest BCUT2D eigenvalue weighted by atomic mass is 79.9. The van der Waals surface area contributed by atoms with E-state index in [9.17, 15) is 17.6 Å². The number of hydrogen-bond acceptors (Lipinski definition) is 5. The van der Waals surface area contributed by atoms with E-state index in [0.717, 1.165) is 30.2 Å². The zero-order valence-electron chi connectivity index (χ0n) is 14.2. The van der Waals surface area contributed by atoms with Crippen molar-refractivity contribution in [3.8, 4) is 5.75 Å². The Morgan fingerprint density at radius 1 is 1.33 bits per heavy atom. The van der Waals surface area contributed by atoms with Crippen LogP contribution in [0, 0.1) is 11.7 Å². The Morgan fingerprint density at radius 3 is 2.81 bits per heavy atom. The molecule has 1 heterocycles. The van der Waals surface area contributed by atoms with Crippen LogP contribution in [0.5, 0.6) is 5.75 Å².